The number of hydrogen-bond acceptors (Lipinski definition) is 5. The molecule has 132 valence electrons. The molecule has 6 nitrogen and oxygen atoms in total. The van der Waals surface area contributed by atoms with Crippen molar-refractivity contribution >= 4 is 36.0 Å². The SMILES string of the molecule is [B]c1ccc(Nc2nc3cc(Oc4ccnc(CN)c4)ccc3n2C)cc1. The fourth-order valence-corrected chi connectivity index (χ4v) is 2.82. The van der Waals surface area contributed by atoms with E-state index in [1.165, 1.54) is 0 Å². The van der Waals surface area contributed by atoms with Gasteiger partial charge in [-0.2, -0.15) is 0 Å². The maximum atomic E-state index is 5.93. The van der Waals surface area contributed by atoms with Crippen LogP contribution < -0.4 is 21.3 Å². The van der Waals surface area contributed by atoms with Gasteiger partial charge in [-0.3, -0.25) is 4.98 Å². The number of nitrogens with zero attached hydrogens (tertiary/aromatic N) is 3. The zero-order chi connectivity index (χ0) is 18.8. The molecule has 0 atom stereocenters. The minimum atomic E-state index is 0.372. The van der Waals surface area contributed by atoms with Crippen molar-refractivity contribution < 1.29 is 4.74 Å². The minimum Gasteiger partial charge on any atom is -0.457 e. The van der Waals surface area contributed by atoms with Crippen LogP contribution in [-0.2, 0) is 13.6 Å². The molecule has 4 aromatic rings. The summed E-state index contributed by atoms with van der Waals surface area (Å²) in [6.07, 6.45) is 1.69. The van der Waals surface area contributed by atoms with Crippen molar-refractivity contribution in [3.8, 4) is 11.5 Å². The van der Waals surface area contributed by atoms with E-state index in [-0.39, 0.29) is 0 Å². The van der Waals surface area contributed by atoms with Crippen LogP contribution in [0.5, 0.6) is 11.5 Å². The highest BCUT2D eigenvalue weighted by Crippen LogP contribution is 2.28. The molecule has 4 rings (SSSR count). The lowest BCUT2D eigenvalue weighted by Crippen LogP contribution is -2.03. The number of ether oxygens (including phenoxy) is 1. The summed E-state index contributed by atoms with van der Waals surface area (Å²) < 4.78 is 7.92. The lowest BCUT2D eigenvalue weighted by molar-refractivity contribution is 0.481. The molecular formula is C20H18BN5O. The number of nitrogens with two attached hydrogens (primary N) is 1. The van der Waals surface area contributed by atoms with Crippen LogP contribution in [0.15, 0.2) is 60.8 Å². The van der Waals surface area contributed by atoms with Gasteiger partial charge in [0, 0.05) is 37.6 Å². The summed E-state index contributed by atoms with van der Waals surface area (Å²) in [6, 6.07) is 17.0. The van der Waals surface area contributed by atoms with Crippen LogP contribution in [0.3, 0.4) is 0 Å². The summed E-state index contributed by atoms with van der Waals surface area (Å²) >= 11 is 0. The van der Waals surface area contributed by atoms with E-state index < -0.39 is 0 Å². The summed E-state index contributed by atoms with van der Waals surface area (Å²) in [7, 11) is 7.70. The van der Waals surface area contributed by atoms with Gasteiger partial charge in [-0.1, -0.05) is 17.6 Å². The van der Waals surface area contributed by atoms with Gasteiger partial charge in [0.15, 0.2) is 0 Å². The van der Waals surface area contributed by atoms with E-state index >= 15 is 0 Å². The molecule has 3 N–H and O–H groups in total. The van der Waals surface area contributed by atoms with Gasteiger partial charge in [0.05, 0.1) is 16.7 Å². The maximum absolute atomic E-state index is 5.93. The van der Waals surface area contributed by atoms with Crippen LogP contribution in [0.2, 0.25) is 0 Å². The fraction of sp³-hybridized carbons (Fsp3) is 0.100. The first kappa shape index (κ1) is 17.1. The normalized spacial score (nSPS) is 10.9. The van der Waals surface area contributed by atoms with E-state index in [1.54, 1.807) is 12.3 Å². The number of imidazole rings is 1. The highest BCUT2D eigenvalue weighted by Gasteiger charge is 2.10. The Bertz CT molecular complexity index is 1090. The third-order valence-corrected chi connectivity index (χ3v) is 4.25. The van der Waals surface area contributed by atoms with E-state index in [0.717, 1.165) is 33.8 Å². The van der Waals surface area contributed by atoms with Crippen LogP contribution in [0.25, 0.3) is 11.0 Å². The van der Waals surface area contributed by atoms with E-state index in [2.05, 4.69) is 15.3 Å². The van der Waals surface area contributed by atoms with Gasteiger partial charge < -0.3 is 20.4 Å². The smallest absolute Gasteiger partial charge is 0.208 e. The Labute approximate surface area is 158 Å². The zero-order valence-corrected chi connectivity index (χ0v) is 14.9. The van der Waals surface area contributed by atoms with Crippen molar-refractivity contribution in [1.29, 1.82) is 0 Å². The van der Waals surface area contributed by atoms with Crippen molar-refractivity contribution in [2.45, 2.75) is 6.54 Å². The number of hydrogen-bond donors (Lipinski definition) is 2. The van der Waals surface area contributed by atoms with Crippen LogP contribution in [0.1, 0.15) is 5.69 Å². The van der Waals surface area contributed by atoms with Crippen LogP contribution >= 0.6 is 0 Å². The first-order chi connectivity index (χ1) is 13.1. The van der Waals surface area contributed by atoms with E-state index in [4.69, 9.17) is 18.3 Å². The topological polar surface area (TPSA) is 78.0 Å². The number of aromatic nitrogens is 3. The second kappa shape index (κ2) is 7.13. The van der Waals surface area contributed by atoms with Gasteiger partial charge in [-0.25, -0.2) is 4.98 Å². The third-order valence-electron chi connectivity index (χ3n) is 4.25. The quantitative estimate of drug-likeness (QED) is 0.539. The van der Waals surface area contributed by atoms with Crippen molar-refractivity contribution in [3.05, 3.63) is 66.5 Å². The molecule has 0 spiro atoms. The molecule has 0 saturated heterocycles. The molecule has 0 unspecified atom stereocenters. The average Bonchev–Trinajstić information content (AvgIpc) is 2.99. The fourth-order valence-electron chi connectivity index (χ4n) is 2.82. The minimum absolute atomic E-state index is 0.372. The average molecular weight is 355 g/mol. The molecule has 0 saturated carbocycles. The van der Waals surface area contributed by atoms with E-state index in [0.29, 0.717) is 18.0 Å². The summed E-state index contributed by atoms with van der Waals surface area (Å²) in [4.78, 5) is 8.85. The Kier molecular flexibility index (Phi) is 4.52. The van der Waals surface area contributed by atoms with Crippen LogP contribution in [-0.4, -0.2) is 22.4 Å². The van der Waals surface area contributed by atoms with Crippen molar-refractivity contribution in [2.24, 2.45) is 12.8 Å². The molecule has 0 aliphatic carbocycles. The molecule has 0 bridgehead atoms. The first-order valence-electron chi connectivity index (χ1n) is 8.54. The van der Waals surface area contributed by atoms with Gasteiger partial charge in [-0.15, -0.1) is 0 Å². The monoisotopic (exact) mass is 355 g/mol. The number of fused-ring (bicyclic) bond motifs is 1. The lowest BCUT2D eigenvalue weighted by Gasteiger charge is -2.07. The number of anilines is 2. The molecule has 2 aromatic carbocycles. The first-order valence-corrected chi connectivity index (χ1v) is 8.54. The van der Waals surface area contributed by atoms with Crippen molar-refractivity contribution in [1.82, 2.24) is 14.5 Å². The molecule has 2 radical (unpaired) electrons. The molecule has 0 fully saturated rings. The lowest BCUT2D eigenvalue weighted by atomic mass is 9.96. The molecule has 2 aromatic heterocycles. The number of rotatable bonds is 5. The highest BCUT2D eigenvalue weighted by molar-refractivity contribution is 6.32. The predicted octanol–water partition coefficient (Wildman–Crippen LogP) is 2.76. The Hall–Kier alpha value is -3.32. The Morgan fingerprint density at radius 3 is 2.63 bits per heavy atom. The maximum Gasteiger partial charge on any atom is 0.208 e. The van der Waals surface area contributed by atoms with E-state index in [1.807, 2.05) is 60.1 Å². The van der Waals surface area contributed by atoms with Gasteiger partial charge in [0.2, 0.25) is 5.95 Å². The highest BCUT2D eigenvalue weighted by atomic mass is 16.5. The van der Waals surface area contributed by atoms with E-state index in [9.17, 15) is 0 Å². The molecule has 2 heterocycles. The Morgan fingerprint density at radius 1 is 1.07 bits per heavy atom. The molecule has 7 heteroatoms. The van der Waals surface area contributed by atoms with Gasteiger partial charge in [0.25, 0.3) is 0 Å². The Balaban J connectivity index is 1.61. The molecule has 0 amide bonds. The predicted molar refractivity (Wildman–Crippen MR) is 108 cm³/mol. The summed E-state index contributed by atoms with van der Waals surface area (Å²) in [5.74, 6) is 2.14. The standard InChI is InChI=1S/C20H18BN5O/c1-26-19-7-6-16(27-17-8-9-23-15(10-17)12-22)11-18(19)25-20(26)24-14-4-2-13(21)3-5-14/h2-11H,12,22H2,1H3,(H,24,25). The zero-order valence-electron chi connectivity index (χ0n) is 14.9. The number of aryl methyl sites for hydroxylation is 1. The van der Waals surface area contributed by atoms with Crippen molar-refractivity contribution in [2.75, 3.05) is 5.32 Å². The summed E-state index contributed by atoms with van der Waals surface area (Å²) in [6.45, 7) is 0.372. The van der Waals surface area contributed by atoms with Gasteiger partial charge in [-0.05, 0) is 30.3 Å². The van der Waals surface area contributed by atoms with Crippen LogP contribution in [0.4, 0.5) is 11.6 Å². The third kappa shape index (κ3) is 3.63. The number of pyridine rings is 1. The summed E-state index contributed by atoms with van der Waals surface area (Å²) in [5.41, 5.74) is 9.89. The molecule has 27 heavy (non-hydrogen) atoms. The largest absolute Gasteiger partial charge is 0.457 e. The summed E-state index contributed by atoms with van der Waals surface area (Å²) in [5, 5.41) is 3.31. The molecular weight excluding hydrogens is 337 g/mol. The van der Waals surface area contributed by atoms with Crippen molar-refractivity contribution in [3.63, 3.8) is 0 Å². The molecule has 0 aliphatic heterocycles. The second-order valence-corrected chi connectivity index (χ2v) is 6.18. The Morgan fingerprint density at radius 2 is 1.85 bits per heavy atom. The van der Waals surface area contributed by atoms with Gasteiger partial charge in [0.1, 0.15) is 19.3 Å². The number of benzene rings is 2. The van der Waals surface area contributed by atoms with Gasteiger partial charge >= 0.3 is 0 Å². The van der Waals surface area contributed by atoms with Crippen LogP contribution in [0, 0.1) is 0 Å². The number of nitrogens with one attached hydrogen (secondary N) is 1. The second-order valence-electron chi connectivity index (χ2n) is 6.18. The molecule has 0 aliphatic rings.